The van der Waals surface area contributed by atoms with Crippen molar-refractivity contribution in [1.82, 2.24) is 20.2 Å². The van der Waals surface area contributed by atoms with E-state index in [0.717, 1.165) is 37.4 Å². The summed E-state index contributed by atoms with van der Waals surface area (Å²) in [5.74, 6) is 0. The molecular formula is C13H24N4O. The summed E-state index contributed by atoms with van der Waals surface area (Å²) in [6, 6.07) is 0.472. The first-order valence-electron chi connectivity index (χ1n) is 6.53. The SMILES string of the molecule is CCN(CC)CCOc1ncc(CNC)c(C)n1. The topological polar surface area (TPSA) is 50.3 Å². The summed E-state index contributed by atoms with van der Waals surface area (Å²) < 4.78 is 5.57. The Morgan fingerprint density at radius 3 is 2.61 bits per heavy atom. The molecule has 0 fully saturated rings. The van der Waals surface area contributed by atoms with Gasteiger partial charge in [0.25, 0.3) is 0 Å². The summed E-state index contributed by atoms with van der Waals surface area (Å²) >= 11 is 0. The summed E-state index contributed by atoms with van der Waals surface area (Å²) in [6.07, 6.45) is 1.82. The number of nitrogens with zero attached hydrogens (tertiary/aromatic N) is 3. The standard InChI is InChI=1S/C13H24N4O/c1-5-17(6-2)7-8-18-13-15-10-12(9-14-4)11(3)16-13/h10,14H,5-9H2,1-4H3. The predicted octanol–water partition coefficient (Wildman–Crippen LogP) is 1.23. The van der Waals surface area contributed by atoms with Crippen LogP contribution in [0.1, 0.15) is 25.1 Å². The van der Waals surface area contributed by atoms with Crippen LogP contribution in [0.2, 0.25) is 0 Å². The fourth-order valence-corrected chi connectivity index (χ4v) is 1.71. The third-order valence-electron chi connectivity index (χ3n) is 2.96. The maximum absolute atomic E-state index is 5.57. The van der Waals surface area contributed by atoms with Gasteiger partial charge in [-0.05, 0) is 27.1 Å². The average molecular weight is 252 g/mol. The first-order valence-corrected chi connectivity index (χ1v) is 6.53. The van der Waals surface area contributed by atoms with Gasteiger partial charge in [0.15, 0.2) is 0 Å². The van der Waals surface area contributed by atoms with E-state index in [9.17, 15) is 0 Å². The van der Waals surface area contributed by atoms with Gasteiger partial charge in [0.2, 0.25) is 0 Å². The lowest BCUT2D eigenvalue weighted by atomic mass is 10.2. The van der Waals surface area contributed by atoms with Gasteiger partial charge in [-0.2, -0.15) is 0 Å². The molecule has 0 amide bonds. The van der Waals surface area contributed by atoms with Gasteiger partial charge in [-0.15, -0.1) is 0 Å². The van der Waals surface area contributed by atoms with Gasteiger partial charge in [-0.3, -0.25) is 0 Å². The third kappa shape index (κ3) is 4.58. The molecule has 0 aliphatic rings. The molecule has 0 radical (unpaired) electrons. The lowest BCUT2D eigenvalue weighted by Crippen LogP contribution is -2.28. The summed E-state index contributed by atoms with van der Waals surface area (Å²) in [5, 5.41) is 3.09. The maximum Gasteiger partial charge on any atom is 0.316 e. The van der Waals surface area contributed by atoms with Gasteiger partial charge in [0.1, 0.15) is 6.61 Å². The Balaban J connectivity index is 2.45. The van der Waals surface area contributed by atoms with Gasteiger partial charge in [-0.1, -0.05) is 13.8 Å². The highest BCUT2D eigenvalue weighted by molar-refractivity contribution is 5.17. The van der Waals surface area contributed by atoms with Crippen molar-refractivity contribution in [3.8, 4) is 6.01 Å². The summed E-state index contributed by atoms with van der Waals surface area (Å²) in [7, 11) is 1.91. The number of ether oxygens (including phenoxy) is 1. The number of aryl methyl sites for hydroxylation is 1. The Kier molecular flexibility index (Phi) is 6.60. The number of likely N-dealkylation sites (N-methyl/N-ethyl adjacent to an activating group) is 1. The van der Waals surface area contributed by atoms with Crippen molar-refractivity contribution in [2.45, 2.75) is 27.3 Å². The van der Waals surface area contributed by atoms with E-state index < -0.39 is 0 Å². The zero-order chi connectivity index (χ0) is 13.4. The molecule has 5 nitrogen and oxygen atoms in total. The van der Waals surface area contributed by atoms with Gasteiger partial charge < -0.3 is 15.0 Å². The van der Waals surface area contributed by atoms with Crippen LogP contribution in [-0.2, 0) is 6.54 Å². The first kappa shape index (κ1) is 14.9. The molecule has 1 aromatic heterocycles. The van der Waals surface area contributed by atoms with E-state index in [1.807, 2.05) is 20.2 Å². The molecule has 0 bridgehead atoms. The molecule has 102 valence electrons. The van der Waals surface area contributed by atoms with Crippen molar-refractivity contribution < 1.29 is 4.74 Å². The minimum absolute atomic E-state index is 0.472. The van der Waals surface area contributed by atoms with Gasteiger partial charge >= 0.3 is 6.01 Å². The van der Waals surface area contributed by atoms with E-state index in [0.29, 0.717) is 12.6 Å². The first-order chi connectivity index (χ1) is 8.71. The highest BCUT2D eigenvalue weighted by Crippen LogP contribution is 2.08. The molecular weight excluding hydrogens is 228 g/mol. The average Bonchev–Trinajstić information content (AvgIpc) is 2.38. The van der Waals surface area contributed by atoms with Crippen LogP contribution >= 0.6 is 0 Å². The van der Waals surface area contributed by atoms with Crippen LogP contribution in [0.25, 0.3) is 0 Å². The monoisotopic (exact) mass is 252 g/mol. The van der Waals surface area contributed by atoms with Gasteiger partial charge in [0.05, 0.1) is 0 Å². The van der Waals surface area contributed by atoms with E-state index in [2.05, 4.69) is 34.0 Å². The second kappa shape index (κ2) is 8.00. The quantitative estimate of drug-likeness (QED) is 0.754. The van der Waals surface area contributed by atoms with Gasteiger partial charge in [0, 0.05) is 30.5 Å². The fourth-order valence-electron chi connectivity index (χ4n) is 1.71. The van der Waals surface area contributed by atoms with Crippen molar-refractivity contribution in [1.29, 1.82) is 0 Å². The van der Waals surface area contributed by atoms with Gasteiger partial charge in [-0.25, -0.2) is 9.97 Å². The maximum atomic E-state index is 5.57. The molecule has 1 heterocycles. The zero-order valence-electron chi connectivity index (χ0n) is 11.9. The lowest BCUT2D eigenvalue weighted by Gasteiger charge is -2.17. The molecule has 0 aromatic carbocycles. The second-order valence-electron chi connectivity index (χ2n) is 4.17. The fraction of sp³-hybridized carbons (Fsp3) is 0.692. The van der Waals surface area contributed by atoms with Crippen molar-refractivity contribution in [2.24, 2.45) is 0 Å². The van der Waals surface area contributed by atoms with Crippen LogP contribution in [0.5, 0.6) is 6.01 Å². The van der Waals surface area contributed by atoms with E-state index in [4.69, 9.17) is 4.74 Å². The molecule has 0 unspecified atom stereocenters. The molecule has 5 heteroatoms. The minimum atomic E-state index is 0.472. The molecule has 0 aliphatic carbocycles. The van der Waals surface area contributed by atoms with Crippen molar-refractivity contribution >= 4 is 0 Å². The molecule has 1 rings (SSSR count). The largest absolute Gasteiger partial charge is 0.462 e. The highest BCUT2D eigenvalue weighted by atomic mass is 16.5. The Morgan fingerprint density at radius 2 is 2.06 bits per heavy atom. The van der Waals surface area contributed by atoms with E-state index in [-0.39, 0.29) is 0 Å². The third-order valence-corrected chi connectivity index (χ3v) is 2.96. The van der Waals surface area contributed by atoms with Crippen LogP contribution in [0.3, 0.4) is 0 Å². The minimum Gasteiger partial charge on any atom is -0.462 e. The number of rotatable bonds is 8. The van der Waals surface area contributed by atoms with Crippen LogP contribution < -0.4 is 10.1 Å². The molecule has 18 heavy (non-hydrogen) atoms. The van der Waals surface area contributed by atoms with E-state index in [1.165, 1.54) is 0 Å². The Hall–Kier alpha value is -1.20. The van der Waals surface area contributed by atoms with Crippen molar-refractivity contribution in [2.75, 3.05) is 33.3 Å². The predicted molar refractivity (Wildman–Crippen MR) is 72.8 cm³/mol. The Bertz CT molecular complexity index is 353. The van der Waals surface area contributed by atoms with Crippen molar-refractivity contribution in [3.05, 3.63) is 17.5 Å². The normalized spacial score (nSPS) is 10.9. The van der Waals surface area contributed by atoms with Crippen molar-refractivity contribution in [3.63, 3.8) is 0 Å². The Morgan fingerprint density at radius 1 is 1.33 bits per heavy atom. The highest BCUT2D eigenvalue weighted by Gasteiger charge is 2.04. The summed E-state index contributed by atoms with van der Waals surface area (Å²) in [6.45, 7) is 10.7. The number of aromatic nitrogens is 2. The molecule has 1 aromatic rings. The smallest absolute Gasteiger partial charge is 0.316 e. The number of nitrogens with one attached hydrogen (secondary N) is 1. The molecule has 1 N–H and O–H groups in total. The molecule has 0 spiro atoms. The molecule has 0 saturated heterocycles. The van der Waals surface area contributed by atoms with Crippen LogP contribution in [0, 0.1) is 6.92 Å². The lowest BCUT2D eigenvalue weighted by molar-refractivity contribution is 0.212. The van der Waals surface area contributed by atoms with Crippen LogP contribution in [0.15, 0.2) is 6.20 Å². The molecule has 0 atom stereocenters. The molecule has 0 saturated carbocycles. The number of hydrogen-bond donors (Lipinski definition) is 1. The second-order valence-corrected chi connectivity index (χ2v) is 4.17. The summed E-state index contributed by atoms with van der Waals surface area (Å²) in [4.78, 5) is 10.9. The van der Waals surface area contributed by atoms with Crippen LogP contribution in [0.4, 0.5) is 0 Å². The molecule has 0 aliphatic heterocycles. The van der Waals surface area contributed by atoms with E-state index >= 15 is 0 Å². The Labute approximate surface area is 110 Å². The van der Waals surface area contributed by atoms with E-state index in [1.54, 1.807) is 0 Å². The van der Waals surface area contributed by atoms with Crippen LogP contribution in [-0.4, -0.2) is 48.2 Å². The zero-order valence-corrected chi connectivity index (χ0v) is 11.9. The number of hydrogen-bond acceptors (Lipinski definition) is 5. The summed E-state index contributed by atoms with van der Waals surface area (Å²) in [5.41, 5.74) is 2.07.